The summed E-state index contributed by atoms with van der Waals surface area (Å²) in [4.78, 5) is 16.9. The van der Waals surface area contributed by atoms with E-state index in [0.717, 1.165) is 57.1 Å². The van der Waals surface area contributed by atoms with Crippen LogP contribution in [0.15, 0.2) is 18.2 Å². The monoisotopic (exact) mass is 386 g/mol. The van der Waals surface area contributed by atoms with Crippen LogP contribution in [0.2, 0.25) is 0 Å². The number of carbonyl (C=O) groups excluding carboxylic acids is 1. The fraction of sp³-hybridized carbons (Fsp3) is 0.619. The molecule has 0 bridgehead atoms. The zero-order valence-electron chi connectivity index (χ0n) is 17.0. The Bertz CT molecular complexity index is 736. The third-order valence-corrected chi connectivity index (χ3v) is 5.71. The highest BCUT2D eigenvalue weighted by Gasteiger charge is 2.43. The third kappa shape index (κ3) is 4.94. The van der Waals surface area contributed by atoms with Gasteiger partial charge in [0.25, 0.3) is 0 Å². The molecule has 7 heteroatoms. The second-order valence-electron chi connectivity index (χ2n) is 7.88. The fourth-order valence-corrected chi connectivity index (χ4v) is 3.76. The summed E-state index contributed by atoms with van der Waals surface area (Å²) in [7, 11) is 3.28. The number of nitrogens with zero attached hydrogens (tertiary/aromatic N) is 3. The minimum atomic E-state index is -0.716. The molecule has 1 atom stereocenters. The number of methoxy groups -OCH3 is 2. The summed E-state index contributed by atoms with van der Waals surface area (Å²) >= 11 is 0. The van der Waals surface area contributed by atoms with Gasteiger partial charge in [0.15, 0.2) is 11.5 Å². The highest BCUT2D eigenvalue weighted by Crippen LogP contribution is 2.39. The van der Waals surface area contributed by atoms with Gasteiger partial charge in [-0.25, -0.2) is 0 Å². The molecule has 0 spiro atoms. The van der Waals surface area contributed by atoms with Gasteiger partial charge < -0.3 is 14.8 Å². The van der Waals surface area contributed by atoms with Gasteiger partial charge in [-0.05, 0) is 43.4 Å². The number of carbonyl (C=O) groups is 1. The average molecular weight is 386 g/mol. The second-order valence-corrected chi connectivity index (χ2v) is 7.88. The van der Waals surface area contributed by atoms with Gasteiger partial charge in [0.1, 0.15) is 5.54 Å². The zero-order chi connectivity index (χ0) is 20.1. The quantitative estimate of drug-likeness (QED) is 0.732. The summed E-state index contributed by atoms with van der Waals surface area (Å²) in [5.74, 6) is 1.73. The highest BCUT2D eigenvalue weighted by molar-refractivity contribution is 5.79. The first-order valence-electron chi connectivity index (χ1n) is 9.85. The minimum Gasteiger partial charge on any atom is -0.493 e. The highest BCUT2D eigenvalue weighted by atomic mass is 16.5. The molecule has 2 aliphatic rings. The lowest BCUT2D eigenvalue weighted by Gasteiger charge is -2.35. The van der Waals surface area contributed by atoms with Crippen molar-refractivity contribution in [2.75, 3.05) is 46.9 Å². The molecule has 1 aliphatic heterocycles. The topological polar surface area (TPSA) is 77.8 Å². The SMILES string of the molecule is COc1ccc(CN2CCN(CC(=O)N[C@@](C)(C#N)C3CC3)CC2)cc1OC. The molecular weight excluding hydrogens is 356 g/mol. The van der Waals surface area contributed by atoms with Gasteiger partial charge in [0, 0.05) is 32.7 Å². The minimum absolute atomic E-state index is 0.0516. The van der Waals surface area contributed by atoms with Crippen molar-refractivity contribution < 1.29 is 14.3 Å². The van der Waals surface area contributed by atoms with Gasteiger partial charge in [0.05, 0.1) is 26.8 Å². The molecule has 1 saturated heterocycles. The number of ether oxygens (including phenoxy) is 2. The first-order chi connectivity index (χ1) is 13.5. The fourth-order valence-electron chi connectivity index (χ4n) is 3.76. The molecule has 1 heterocycles. The van der Waals surface area contributed by atoms with E-state index in [1.807, 2.05) is 19.1 Å². The van der Waals surface area contributed by atoms with E-state index in [-0.39, 0.29) is 5.91 Å². The molecular formula is C21H30N4O3. The maximum Gasteiger partial charge on any atom is 0.235 e. The van der Waals surface area contributed by atoms with Crippen molar-refractivity contribution in [1.82, 2.24) is 15.1 Å². The van der Waals surface area contributed by atoms with Crippen LogP contribution in [0.4, 0.5) is 0 Å². The van der Waals surface area contributed by atoms with Crippen molar-refractivity contribution in [2.24, 2.45) is 5.92 Å². The van der Waals surface area contributed by atoms with Crippen LogP contribution in [0.1, 0.15) is 25.3 Å². The number of rotatable bonds is 8. The van der Waals surface area contributed by atoms with Crippen LogP contribution in [0.5, 0.6) is 11.5 Å². The number of amides is 1. The lowest BCUT2D eigenvalue weighted by atomic mass is 9.98. The Hall–Kier alpha value is -2.30. The molecule has 1 N–H and O–H groups in total. The van der Waals surface area contributed by atoms with Gasteiger partial charge in [-0.15, -0.1) is 0 Å². The molecule has 0 unspecified atom stereocenters. The predicted molar refractivity (Wildman–Crippen MR) is 106 cm³/mol. The number of nitrogens with one attached hydrogen (secondary N) is 1. The van der Waals surface area contributed by atoms with Crippen LogP contribution in [-0.2, 0) is 11.3 Å². The second kappa shape index (κ2) is 8.80. The van der Waals surface area contributed by atoms with E-state index in [9.17, 15) is 10.1 Å². The average Bonchev–Trinajstić information content (AvgIpc) is 3.55. The zero-order valence-corrected chi connectivity index (χ0v) is 17.0. The molecule has 7 nitrogen and oxygen atoms in total. The van der Waals surface area contributed by atoms with Gasteiger partial charge in [0.2, 0.25) is 5.91 Å². The Morgan fingerprint density at radius 3 is 2.39 bits per heavy atom. The van der Waals surface area contributed by atoms with Crippen LogP contribution in [0.3, 0.4) is 0 Å². The van der Waals surface area contributed by atoms with Crippen molar-refractivity contribution in [1.29, 1.82) is 5.26 Å². The largest absolute Gasteiger partial charge is 0.493 e. The maximum absolute atomic E-state index is 12.4. The standard InChI is InChI=1S/C21H30N4O3/c1-21(15-22,17-5-6-17)23-20(26)14-25-10-8-24(9-11-25)13-16-4-7-18(27-2)19(12-16)28-3/h4,7,12,17H,5-6,8-11,13-14H2,1-3H3,(H,23,26)/t21-/m0/s1. The molecule has 1 aromatic carbocycles. The van der Waals surface area contributed by atoms with E-state index in [2.05, 4.69) is 27.3 Å². The summed E-state index contributed by atoms with van der Waals surface area (Å²) in [5, 5.41) is 12.3. The van der Waals surface area contributed by atoms with E-state index >= 15 is 0 Å². The predicted octanol–water partition coefficient (Wildman–Crippen LogP) is 1.63. The summed E-state index contributed by atoms with van der Waals surface area (Å²) in [5.41, 5.74) is 0.463. The summed E-state index contributed by atoms with van der Waals surface area (Å²) in [6.45, 7) is 6.52. The number of piperazine rings is 1. The van der Waals surface area contributed by atoms with Gasteiger partial charge in [-0.3, -0.25) is 14.6 Å². The van der Waals surface area contributed by atoms with E-state index in [1.54, 1.807) is 14.2 Å². The molecule has 1 aliphatic carbocycles. The summed E-state index contributed by atoms with van der Waals surface area (Å²) in [6, 6.07) is 8.28. The first kappa shape index (κ1) is 20.4. The van der Waals surface area contributed by atoms with Crippen LogP contribution in [0, 0.1) is 17.2 Å². The number of hydrogen-bond donors (Lipinski definition) is 1. The molecule has 3 rings (SSSR count). The van der Waals surface area contributed by atoms with E-state index in [4.69, 9.17) is 9.47 Å². The molecule has 1 saturated carbocycles. The molecule has 152 valence electrons. The Morgan fingerprint density at radius 2 is 1.82 bits per heavy atom. The van der Waals surface area contributed by atoms with E-state index < -0.39 is 5.54 Å². The number of benzene rings is 1. The Labute approximate surface area is 167 Å². The van der Waals surface area contributed by atoms with Gasteiger partial charge in [-0.1, -0.05) is 6.07 Å². The van der Waals surface area contributed by atoms with Gasteiger partial charge >= 0.3 is 0 Å². The summed E-state index contributed by atoms with van der Waals surface area (Å²) < 4.78 is 10.7. The van der Waals surface area contributed by atoms with Crippen LogP contribution < -0.4 is 14.8 Å². The van der Waals surface area contributed by atoms with Crippen molar-refractivity contribution in [2.45, 2.75) is 31.8 Å². The first-order valence-corrected chi connectivity index (χ1v) is 9.85. The molecule has 1 amide bonds. The lowest BCUT2D eigenvalue weighted by molar-refractivity contribution is -0.124. The number of hydrogen-bond acceptors (Lipinski definition) is 6. The van der Waals surface area contributed by atoms with Crippen molar-refractivity contribution >= 4 is 5.91 Å². The van der Waals surface area contributed by atoms with Crippen molar-refractivity contribution in [3.05, 3.63) is 23.8 Å². The molecule has 1 aromatic rings. The van der Waals surface area contributed by atoms with Gasteiger partial charge in [-0.2, -0.15) is 5.26 Å². The smallest absolute Gasteiger partial charge is 0.235 e. The third-order valence-electron chi connectivity index (χ3n) is 5.71. The Balaban J connectivity index is 1.45. The van der Waals surface area contributed by atoms with Crippen molar-refractivity contribution in [3.63, 3.8) is 0 Å². The molecule has 0 aromatic heterocycles. The summed E-state index contributed by atoms with van der Waals surface area (Å²) in [6.07, 6.45) is 2.05. The van der Waals surface area contributed by atoms with Crippen LogP contribution in [-0.4, -0.2) is 68.2 Å². The lowest BCUT2D eigenvalue weighted by Crippen LogP contribution is -2.53. The van der Waals surface area contributed by atoms with E-state index in [0.29, 0.717) is 12.5 Å². The van der Waals surface area contributed by atoms with E-state index in [1.165, 1.54) is 5.56 Å². The van der Waals surface area contributed by atoms with Crippen molar-refractivity contribution in [3.8, 4) is 17.6 Å². The maximum atomic E-state index is 12.4. The number of nitriles is 1. The molecule has 0 radical (unpaired) electrons. The van der Waals surface area contributed by atoms with Crippen LogP contribution >= 0.6 is 0 Å². The molecule has 2 fully saturated rings. The normalized spacial score (nSPS) is 20.1. The Kier molecular flexibility index (Phi) is 6.42. The Morgan fingerprint density at radius 1 is 1.18 bits per heavy atom. The van der Waals surface area contributed by atoms with Crippen LogP contribution in [0.25, 0.3) is 0 Å². The molecule has 28 heavy (non-hydrogen) atoms.